The molecule has 1 atom stereocenters. The molecule has 1 unspecified atom stereocenters. The zero-order valence-corrected chi connectivity index (χ0v) is 9.17. The first kappa shape index (κ1) is 11.5. The SMILES string of the molecule is Cn1ncc([N+](=O)[O-])c1N1CCC(=O)C(F)C1. The van der Waals surface area contributed by atoms with E-state index in [1.54, 1.807) is 7.05 Å². The van der Waals surface area contributed by atoms with E-state index in [-0.39, 0.29) is 31.0 Å². The number of aromatic nitrogens is 2. The molecule has 2 heterocycles. The Hall–Kier alpha value is -1.99. The van der Waals surface area contributed by atoms with Gasteiger partial charge in [0.15, 0.2) is 12.0 Å². The van der Waals surface area contributed by atoms with E-state index in [4.69, 9.17) is 0 Å². The molecule has 1 fully saturated rings. The average Bonchev–Trinajstić information content (AvgIpc) is 2.64. The molecule has 17 heavy (non-hydrogen) atoms. The van der Waals surface area contributed by atoms with Crippen LogP contribution in [0.25, 0.3) is 0 Å². The summed E-state index contributed by atoms with van der Waals surface area (Å²) in [6.45, 7) is 0.124. The number of rotatable bonds is 2. The van der Waals surface area contributed by atoms with Gasteiger partial charge in [-0.3, -0.25) is 14.9 Å². The van der Waals surface area contributed by atoms with Gasteiger partial charge in [0.25, 0.3) is 0 Å². The summed E-state index contributed by atoms with van der Waals surface area (Å²) < 4.78 is 14.6. The molecule has 2 rings (SSSR count). The van der Waals surface area contributed by atoms with Crippen LogP contribution in [0.5, 0.6) is 0 Å². The molecular formula is C9H11FN4O3. The summed E-state index contributed by atoms with van der Waals surface area (Å²) in [4.78, 5) is 22.8. The molecule has 0 aliphatic carbocycles. The number of ketones is 1. The Labute approximate surface area is 96.0 Å². The van der Waals surface area contributed by atoms with Gasteiger partial charge >= 0.3 is 5.69 Å². The highest BCUT2D eigenvalue weighted by atomic mass is 19.1. The number of nitro groups is 1. The van der Waals surface area contributed by atoms with Crippen LogP contribution in [0.4, 0.5) is 15.9 Å². The highest BCUT2D eigenvalue weighted by molar-refractivity contribution is 5.85. The summed E-state index contributed by atoms with van der Waals surface area (Å²) in [5.41, 5.74) is -0.172. The summed E-state index contributed by atoms with van der Waals surface area (Å²) in [6, 6.07) is 0. The van der Waals surface area contributed by atoms with Gasteiger partial charge in [-0.1, -0.05) is 0 Å². The molecule has 1 aliphatic heterocycles. The fourth-order valence-corrected chi connectivity index (χ4v) is 1.90. The van der Waals surface area contributed by atoms with E-state index in [1.807, 2.05) is 0 Å². The summed E-state index contributed by atoms with van der Waals surface area (Å²) in [7, 11) is 1.55. The molecule has 92 valence electrons. The summed E-state index contributed by atoms with van der Waals surface area (Å²) in [6.07, 6.45) is -0.402. The second-order valence-corrected chi connectivity index (χ2v) is 3.86. The second kappa shape index (κ2) is 4.11. The van der Waals surface area contributed by atoms with Gasteiger partial charge in [0.1, 0.15) is 6.20 Å². The summed E-state index contributed by atoms with van der Waals surface area (Å²) in [5.74, 6) is -0.212. The third-order valence-corrected chi connectivity index (χ3v) is 2.74. The minimum atomic E-state index is -1.58. The minimum Gasteiger partial charge on any atom is -0.347 e. The number of Topliss-reactive ketones (excluding diaryl/α,β-unsaturated/α-hetero) is 1. The molecule has 1 saturated heterocycles. The first-order valence-corrected chi connectivity index (χ1v) is 5.09. The number of carbonyl (C=O) groups is 1. The average molecular weight is 242 g/mol. The lowest BCUT2D eigenvalue weighted by atomic mass is 10.1. The predicted octanol–water partition coefficient (Wildman–Crippen LogP) is 0.446. The third kappa shape index (κ3) is 1.97. The highest BCUT2D eigenvalue weighted by Crippen LogP contribution is 2.29. The molecule has 0 aromatic carbocycles. The largest absolute Gasteiger partial charge is 0.347 e. The number of piperidine rings is 1. The van der Waals surface area contributed by atoms with Crippen LogP contribution in [-0.4, -0.2) is 39.7 Å². The Morgan fingerprint density at radius 3 is 2.94 bits per heavy atom. The van der Waals surface area contributed by atoms with Crippen molar-refractivity contribution >= 4 is 17.3 Å². The molecule has 1 aromatic rings. The molecular weight excluding hydrogens is 231 g/mol. The van der Waals surface area contributed by atoms with Gasteiger partial charge in [-0.15, -0.1) is 0 Å². The van der Waals surface area contributed by atoms with E-state index < -0.39 is 16.9 Å². The van der Waals surface area contributed by atoms with Crippen molar-refractivity contribution in [1.82, 2.24) is 9.78 Å². The maximum atomic E-state index is 13.3. The molecule has 8 heteroatoms. The molecule has 1 aliphatic rings. The van der Waals surface area contributed by atoms with Crippen LogP contribution in [-0.2, 0) is 11.8 Å². The number of hydrogen-bond donors (Lipinski definition) is 0. The Balaban J connectivity index is 2.31. The normalized spacial score (nSPS) is 20.7. The Morgan fingerprint density at radius 2 is 2.35 bits per heavy atom. The van der Waals surface area contributed by atoms with Crippen molar-refractivity contribution in [1.29, 1.82) is 0 Å². The van der Waals surface area contributed by atoms with E-state index in [1.165, 1.54) is 9.58 Å². The molecule has 0 amide bonds. The van der Waals surface area contributed by atoms with Crippen molar-refractivity contribution < 1.29 is 14.1 Å². The highest BCUT2D eigenvalue weighted by Gasteiger charge is 2.32. The zero-order chi connectivity index (χ0) is 12.6. The van der Waals surface area contributed by atoms with Gasteiger partial charge in [-0.2, -0.15) is 5.10 Å². The topological polar surface area (TPSA) is 81.3 Å². The molecule has 0 bridgehead atoms. The Bertz CT molecular complexity index is 473. The lowest BCUT2D eigenvalue weighted by molar-refractivity contribution is -0.384. The minimum absolute atomic E-state index is 0.0590. The number of hydrogen-bond acceptors (Lipinski definition) is 5. The van der Waals surface area contributed by atoms with Crippen molar-refractivity contribution in [2.75, 3.05) is 18.0 Å². The van der Waals surface area contributed by atoms with Gasteiger partial charge in [-0.05, 0) is 0 Å². The number of aryl methyl sites for hydroxylation is 1. The third-order valence-electron chi connectivity index (χ3n) is 2.74. The van der Waals surface area contributed by atoms with E-state index in [0.29, 0.717) is 0 Å². The van der Waals surface area contributed by atoms with Crippen LogP contribution < -0.4 is 4.90 Å². The van der Waals surface area contributed by atoms with Crippen molar-refractivity contribution in [2.24, 2.45) is 7.05 Å². The zero-order valence-electron chi connectivity index (χ0n) is 9.17. The molecule has 0 spiro atoms. The number of nitrogens with zero attached hydrogens (tertiary/aromatic N) is 4. The summed E-state index contributed by atoms with van der Waals surface area (Å²) in [5, 5.41) is 14.6. The Morgan fingerprint density at radius 1 is 1.65 bits per heavy atom. The maximum Gasteiger partial charge on any atom is 0.331 e. The molecule has 7 nitrogen and oxygen atoms in total. The molecule has 0 N–H and O–H groups in total. The predicted molar refractivity (Wildman–Crippen MR) is 56.6 cm³/mol. The van der Waals surface area contributed by atoms with Gasteiger partial charge in [0.2, 0.25) is 5.82 Å². The van der Waals surface area contributed by atoms with Crippen molar-refractivity contribution in [2.45, 2.75) is 12.6 Å². The van der Waals surface area contributed by atoms with Gasteiger partial charge < -0.3 is 4.90 Å². The number of anilines is 1. The first-order valence-electron chi connectivity index (χ1n) is 5.09. The fraction of sp³-hybridized carbons (Fsp3) is 0.556. The maximum absolute atomic E-state index is 13.3. The first-order chi connectivity index (χ1) is 8.00. The number of alkyl halides is 1. The lowest BCUT2D eigenvalue weighted by Crippen LogP contribution is -2.43. The van der Waals surface area contributed by atoms with Crippen LogP contribution >= 0.6 is 0 Å². The monoisotopic (exact) mass is 242 g/mol. The van der Waals surface area contributed by atoms with E-state index in [2.05, 4.69) is 5.10 Å². The quantitative estimate of drug-likeness (QED) is 0.555. The van der Waals surface area contributed by atoms with Crippen LogP contribution in [0, 0.1) is 10.1 Å². The second-order valence-electron chi connectivity index (χ2n) is 3.86. The van der Waals surface area contributed by atoms with Crippen LogP contribution in [0.2, 0.25) is 0 Å². The van der Waals surface area contributed by atoms with E-state index >= 15 is 0 Å². The summed E-state index contributed by atoms with van der Waals surface area (Å²) >= 11 is 0. The number of halogens is 1. The number of carbonyl (C=O) groups excluding carboxylic acids is 1. The molecule has 0 radical (unpaired) electrons. The molecule has 0 saturated carbocycles. The fourth-order valence-electron chi connectivity index (χ4n) is 1.90. The van der Waals surface area contributed by atoms with Crippen LogP contribution in [0.3, 0.4) is 0 Å². The van der Waals surface area contributed by atoms with Gasteiger partial charge in [0.05, 0.1) is 11.5 Å². The van der Waals surface area contributed by atoms with Crippen molar-refractivity contribution in [3.05, 3.63) is 16.3 Å². The van der Waals surface area contributed by atoms with Crippen molar-refractivity contribution in [3.8, 4) is 0 Å². The van der Waals surface area contributed by atoms with E-state index in [0.717, 1.165) is 6.20 Å². The lowest BCUT2D eigenvalue weighted by Gasteiger charge is -2.28. The van der Waals surface area contributed by atoms with Gasteiger partial charge in [0, 0.05) is 20.0 Å². The van der Waals surface area contributed by atoms with Crippen molar-refractivity contribution in [3.63, 3.8) is 0 Å². The van der Waals surface area contributed by atoms with Crippen LogP contribution in [0.1, 0.15) is 6.42 Å². The Kier molecular flexibility index (Phi) is 2.78. The smallest absolute Gasteiger partial charge is 0.331 e. The molecule has 1 aromatic heterocycles. The standard InChI is InChI=1S/C9H11FN4O3/c1-12-9(7(4-11-12)14(16)17)13-3-2-8(15)6(10)5-13/h4,6H,2-3,5H2,1H3. The van der Waals surface area contributed by atoms with Gasteiger partial charge in [-0.25, -0.2) is 9.07 Å². The van der Waals surface area contributed by atoms with E-state index in [9.17, 15) is 19.3 Å². The van der Waals surface area contributed by atoms with Crippen LogP contribution in [0.15, 0.2) is 6.20 Å².